The molecule has 0 aromatic rings. The van der Waals surface area contributed by atoms with Crippen molar-refractivity contribution in [2.75, 3.05) is 6.61 Å². The van der Waals surface area contributed by atoms with Crippen LogP contribution in [0.1, 0.15) is 39.5 Å². The third-order valence-corrected chi connectivity index (χ3v) is 3.32. The molecule has 0 amide bonds. The number of hydrogen-bond donors (Lipinski definition) is 0. The quantitative estimate of drug-likeness (QED) is 0.564. The van der Waals surface area contributed by atoms with Crippen LogP contribution in [0, 0.1) is 11.8 Å². The highest BCUT2D eigenvalue weighted by Gasteiger charge is 2.46. The lowest BCUT2D eigenvalue weighted by Gasteiger charge is -2.31. The Morgan fingerprint density at radius 2 is 2.00 bits per heavy atom. The third kappa shape index (κ3) is 1.44. The molecule has 0 aromatic heterocycles. The second-order valence-corrected chi connectivity index (χ2v) is 4.54. The molecular formula is C10H18O. The van der Waals surface area contributed by atoms with E-state index in [0.717, 1.165) is 18.4 Å². The molecular weight excluding hydrogens is 136 g/mol. The normalized spacial score (nSPS) is 34.6. The fourth-order valence-corrected chi connectivity index (χ4v) is 1.95. The Bertz CT molecular complexity index is 137. The van der Waals surface area contributed by atoms with Gasteiger partial charge in [0.2, 0.25) is 0 Å². The monoisotopic (exact) mass is 154 g/mol. The van der Waals surface area contributed by atoms with Crippen LogP contribution in [-0.2, 0) is 4.74 Å². The smallest absolute Gasteiger partial charge is 0.0685 e. The van der Waals surface area contributed by atoms with Gasteiger partial charge >= 0.3 is 0 Å². The third-order valence-electron chi connectivity index (χ3n) is 3.32. The van der Waals surface area contributed by atoms with Crippen LogP contribution < -0.4 is 0 Å². The van der Waals surface area contributed by atoms with E-state index in [-0.39, 0.29) is 0 Å². The zero-order chi connectivity index (χ0) is 7.90. The first-order chi connectivity index (χ1) is 5.22. The summed E-state index contributed by atoms with van der Waals surface area (Å²) in [6, 6.07) is 0. The Morgan fingerprint density at radius 3 is 2.36 bits per heavy atom. The molecule has 0 radical (unpaired) electrons. The lowest BCUT2D eigenvalue weighted by molar-refractivity contribution is -0.0451. The molecule has 1 saturated carbocycles. The Labute approximate surface area is 69.1 Å². The molecule has 2 fully saturated rings. The standard InChI is InChI=1S/C10H18O/c1-8(2)9-3-4-10(5-6-10)11-7-9/h8-9H,3-7H2,1-2H3/t9-/m0/s1. The first-order valence-corrected chi connectivity index (χ1v) is 4.86. The summed E-state index contributed by atoms with van der Waals surface area (Å²) >= 11 is 0. The van der Waals surface area contributed by atoms with Crippen molar-refractivity contribution in [3.8, 4) is 0 Å². The second kappa shape index (κ2) is 2.48. The van der Waals surface area contributed by atoms with E-state index in [4.69, 9.17) is 4.74 Å². The molecule has 1 saturated heterocycles. The molecule has 0 N–H and O–H groups in total. The van der Waals surface area contributed by atoms with Gasteiger partial charge in [-0.2, -0.15) is 0 Å². The maximum absolute atomic E-state index is 5.85. The summed E-state index contributed by atoms with van der Waals surface area (Å²) < 4.78 is 5.85. The van der Waals surface area contributed by atoms with E-state index in [1.54, 1.807) is 0 Å². The van der Waals surface area contributed by atoms with Crippen LogP contribution in [0.3, 0.4) is 0 Å². The first-order valence-electron chi connectivity index (χ1n) is 4.86. The van der Waals surface area contributed by atoms with Gasteiger partial charge in [-0.1, -0.05) is 13.8 Å². The van der Waals surface area contributed by atoms with Crippen molar-refractivity contribution >= 4 is 0 Å². The van der Waals surface area contributed by atoms with Gasteiger partial charge in [-0.05, 0) is 37.5 Å². The predicted octanol–water partition coefficient (Wildman–Crippen LogP) is 2.60. The van der Waals surface area contributed by atoms with Crippen LogP contribution in [0.2, 0.25) is 0 Å². The fourth-order valence-electron chi connectivity index (χ4n) is 1.95. The van der Waals surface area contributed by atoms with Crippen molar-refractivity contribution in [2.24, 2.45) is 11.8 Å². The van der Waals surface area contributed by atoms with Gasteiger partial charge in [0.05, 0.1) is 12.2 Å². The molecule has 0 unspecified atom stereocenters. The van der Waals surface area contributed by atoms with Crippen molar-refractivity contribution in [3.05, 3.63) is 0 Å². The maximum Gasteiger partial charge on any atom is 0.0685 e. The molecule has 1 heterocycles. The summed E-state index contributed by atoms with van der Waals surface area (Å²) in [6.45, 7) is 5.63. The molecule has 1 aliphatic heterocycles. The van der Waals surface area contributed by atoms with Gasteiger partial charge in [-0.15, -0.1) is 0 Å². The molecule has 1 heteroatoms. The van der Waals surface area contributed by atoms with Crippen LogP contribution in [-0.4, -0.2) is 12.2 Å². The first kappa shape index (κ1) is 7.60. The van der Waals surface area contributed by atoms with Gasteiger partial charge in [-0.25, -0.2) is 0 Å². The molecule has 1 spiro atoms. The lowest BCUT2D eigenvalue weighted by atomic mass is 9.88. The Morgan fingerprint density at radius 1 is 1.27 bits per heavy atom. The zero-order valence-electron chi connectivity index (χ0n) is 7.60. The molecule has 64 valence electrons. The Kier molecular flexibility index (Phi) is 1.71. The molecule has 0 bridgehead atoms. The van der Waals surface area contributed by atoms with Gasteiger partial charge in [-0.3, -0.25) is 0 Å². The summed E-state index contributed by atoms with van der Waals surface area (Å²) in [5.74, 6) is 1.65. The Hall–Kier alpha value is -0.0400. The van der Waals surface area contributed by atoms with Crippen LogP contribution in [0.5, 0.6) is 0 Å². The van der Waals surface area contributed by atoms with E-state index in [9.17, 15) is 0 Å². The summed E-state index contributed by atoms with van der Waals surface area (Å²) in [7, 11) is 0. The van der Waals surface area contributed by atoms with Crippen molar-refractivity contribution in [3.63, 3.8) is 0 Å². The average molecular weight is 154 g/mol. The fraction of sp³-hybridized carbons (Fsp3) is 1.00. The summed E-state index contributed by atoms with van der Waals surface area (Å²) in [5.41, 5.74) is 0.394. The van der Waals surface area contributed by atoms with Crippen LogP contribution in [0.25, 0.3) is 0 Å². The van der Waals surface area contributed by atoms with Gasteiger partial charge in [0.1, 0.15) is 0 Å². The number of hydrogen-bond acceptors (Lipinski definition) is 1. The molecule has 1 aliphatic carbocycles. The van der Waals surface area contributed by atoms with E-state index in [2.05, 4.69) is 13.8 Å². The zero-order valence-corrected chi connectivity index (χ0v) is 7.60. The van der Waals surface area contributed by atoms with E-state index in [1.165, 1.54) is 25.7 Å². The molecule has 1 nitrogen and oxygen atoms in total. The van der Waals surface area contributed by atoms with Crippen molar-refractivity contribution < 1.29 is 4.74 Å². The number of rotatable bonds is 1. The molecule has 11 heavy (non-hydrogen) atoms. The van der Waals surface area contributed by atoms with Gasteiger partial charge in [0.15, 0.2) is 0 Å². The van der Waals surface area contributed by atoms with Crippen LogP contribution in [0.4, 0.5) is 0 Å². The molecule has 1 atom stereocenters. The van der Waals surface area contributed by atoms with Gasteiger partial charge in [0, 0.05) is 0 Å². The van der Waals surface area contributed by atoms with E-state index >= 15 is 0 Å². The van der Waals surface area contributed by atoms with Gasteiger partial charge in [0.25, 0.3) is 0 Å². The highest BCUT2D eigenvalue weighted by Crippen LogP contribution is 2.48. The SMILES string of the molecule is CC(C)[C@H]1CCC2(CC2)OC1. The minimum atomic E-state index is 0.394. The minimum Gasteiger partial charge on any atom is -0.375 e. The van der Waals surface area contributed by atoms with Crippen molar-refractivity contribution in [1.29, 1.82) is 0 Å². The van der Waals surface area contributed by atoms with Crippen LogP contribution in [0.15, 0.2) is 0 Å². The largest absolute Gasteiger partial charge is 0.375 e. The van der Waals surface area contributed by atoms with Crippen LogP contribution >= 0.6 is 0 Å². The van der Waals surface area contributed by atoms with E-state index < -0.39 is 0 Å². The maximum atomic E-state index is 5.85. The summed E-state index contributed by atoms with van der Waals surface area (Å²) in [5, 5.41) is 0. The van der Waals surface area contributed by atoms with E-state index in [0.29, 0.717) is 5.60 Å². The summed E-state index contributed by atoms with van der Waals surface area (Å²) in [4.78, 5) is 0. The average Bonchev–Trinajstić information content (AvgIpc) is 2.70. The van der Waals surface area contributed by atoms with Gasteiger partial charge < -0.3 is 4.74 Å². The number of ether oxygens (including phenoxy) is 1. The van der Waals surface area contributed by atoms with Crippen molar-refractivity contribution in [2.45, 2.75) is 45.1 Å². The minimum absolute atomic E-state index is 0.394. The Balaban J connectivity index is 1.84. The highest BCUT2D eigenvalue weighted by atomic mass is 16.5. The molecule has 2 aliphatic rings. The highest BCUT2D eigenvalue weighted by molar-refractivity contribution is 4.98. The molecule has 2 rings (SSSR count). The second-order valence-electron chi connectivity index (χ2n) is 4.54. The topological polar surface area (TPSA) is 9.23 Å². The molecule has 0 aromatic carbocycles. The van der Waals surface area contributed by atoms with E-state index in [1.807, 2.05) is 0 Å². The van der Waals surface area contributed by atoms with Crippen molar-refractivity contribution in [1.82, 2.24) is 0 Å². The predicted molar refractivity (Wildman–Crippen MR) is 45.5 cm³/mol. The lowest BCUT2D eigenvalue weighted by Crippen LogP contribution is -2.29. The summed E-state index contributed by atoms with van der Waals surface area (Å²) in [6.07, 6.45) is 5.39.